The fourth-order valence-electron chi connectivity index (χ4n) is 2.42. The number of hydrogen-bond acceptors (Lipinski definition) is 5. The predicted octanol–water partition coefficient (Wildman–Crippen LogP) is 5.47. The fourth-order valence-corrected chi connectivity index (χ4v) is 3.90. The highest BCUT2D eigenvalue weighted by molar-refractivity contribution is 9.10. The van der Waals surface area contributed by atoms with Gasteiger partial charge < -0.3 is 9.47 Å². The van der Waals surface area contributed by atoms with Gasteiger partial charge in [-0.15, -0.1) is 0 Å². The number of carbonyl (C=O) groups is 2. The van der Waals surface area contributed by atoms with Gasteiger partial charge in [-0.3, -0.25) is 14.5 Å². The smallest absolute Gasteiger partial charge is 0.293 e. The molecule has 1 fully saturated rings. The number of thioether (sulfide) groups is 1. The summed E-state index contributed by atoms with van der Waals surface area (Å²) in [5, 5.41) is -0.224. The molecule has 0 saturated carbocycles. The van der Waals surface area contributed by atoms with Crippen molar-refractivity contribution in [1.29, 1.82) is 0 Å². The average molecular weight is 442 g/mol. The van der Waals surface area contributed by atoms with E-state index in [0.29, 0.717) is 16.4 Å². The van der Waals surface area contributed by atoms with Crippen LogP contribution in [-0.2, 0) is 4.79 Å². The first kappa shape index (κ1) is 20.8. The van der Waals surface area contributed by atoms with E-state index in [4.69, 9.17) is 9.47 Å². The molecule has 1 aliphatic rings. The molecule has 0 aliphatic carbocycles. The molecule has 1 aromatic rings. The Morgan fingerprint density at radius 3 is 2.50 bits per heavy atom. The maximum absolute atomic E-state index is 12.6. The summed E-state index contributed by atoms with van der Waals surface area (Å²) in [6.07, 6.45) is 3.37. The van der Waals surface area contributed by atoms with Crippen LogP contribution in [0.5, 0.6) is 11.5 Å². The molecule has 0 unspecified atom stereocenters. The molecule has 1 saturated heterocycles. The number of hydrogen-bond donors (Lipinski definition) is 0. The Morgan fingerprint density at radius 2 is 1.92 bits per heavy atom. The second-order valence-electron chi connectivity index (χ2n) is 6.18. The second-order valence-corrected chi connectivity index (χ2v) is 8.03. The van der Waals surface area contributed by atoms with Gasteiger partial charge in [-0.25, -0.2) is 0 Å². The topological polar surface area (TPSA) is 55.8 Å². The summed E-state index contributed by atoms with van der Waals surface area (Å²) < 4.78 is 12.1. The van der Waals surface area contributed by atoms with E-state index in [9.17, 15) is 9.59 Å². The van der Waals surface area contributed by atoms with Crippen LogP contribution in [0.4, 0.5) is 4.79 Å². The highest BCUT2D eigenvalue weighted by atomic mass is 79.9. The van der Waals surface area contributed by atoms with Crippen molar-refractivity contribution in [1.82, 2.24) is 4.90 Å². The van der Waals surface area contributed by atoms with Gasteiger partial charge in [0.15, 0.2) is 11.5 Å². The lowest BCUT2D eigenvalue weighted by Crippen LogP contribution is -2.36. The molecule has 0 bridgehead atoms. The van der Waals surface area contributed by atoms with Gasteiger partial charge in [-0.05, 0) is 78.2 Å². The van der Waals surface area contributed by atoms with Crippen molar-refractivity contribution in [2.75, 3.05) is 7.11 Å². The molecule has 2 atom stereocenters. The number of benzene rings is 1. The van der Waals surface area contributed by atoms with E-state index >= 15 is 0 Å². The summed E-state index contributed by atoms with van der Waals surface area (Å²) in [5.41, 5.74) is 0.764. The van der Waals surface area contributed by atoms with Gasteiger partial charge in [0.1, 0.15) is 0 Å². The zero-order valence-corrected chi connectivity index (χ0v) is 18.1. The molecule has 142 valence electrons. The molecule has 5 nitrogen and oxygen atoms in total. The average Bonchev–Trinajstić information content (AvgIpc) is 2.89. The van der Waals surface area contributed by atoms with Crippen molar-refractivity contribution in [3.05, 3.63) is 27.1 Å². The number of rotatable bonds is 7. The van der Waals surface area contributed by atoms with Crippen LogP contribution in [0, 0.1) is 0 Å². The third-order valence-corrected chi connectivity index (χ3v) is 5.77. The molecular formula is C19H24BrNO4S. The van der Waals surface area contributed by atoms with E-state index in [-0.39, 0.29) is 23.3 Å². The zero-order valence-electron chi connectivity index (χ0n) is 15.7. The Morgan fingerprint density at radius 1 is 1.23 bits per heavy atom. The molecule has 0 spiro atoms. The van der Waals surface area contributed by atoms with Crippen LogP contribution in [0.1, 0.15) is 46.1 Å². The lowest BCUT2D eigenvalue weighted by molar-refractivity contribution is -0.124. The highest BCUT2D eigenvalue weighted by Crippen LogP contribution is 2.40. The van der Waals surface area contributed by atoms with Crippen molar-refractivity contribution in [2.45, 2.75) is 52.7 Å². The summed E-state index contributed by atoms with van der Waals surface area (Å²) in [6.45, 7) is 7.87. The van der Waals surface area contributed by atoms with Crippen LogP contribution < -0.4 is 9.47 Å². The number of nitrogens with zero attached hydrogens (tertiary/aromatic N) is 1. The van der Waals surface area contributed by atoms with Crippen molar-refractivity contribution in [3.63, 3.8) is 0 Å². The number of ether oxygens (including phenoxy) is 2. The number of imide groups is 1. The SMILES string of the molecule is CC[C@H](C)Oc1c(Br)cc(/C=C2/SC(=O)N([C@@H](C)CC)C2=O)cc1OC. The Bertz CT molecular complexity index is 734. The lowest BCUT2D eigenvalue weighted by Gasteiger charge is -2.19. The van der Waals surface area contributed by atoms with E-state index in [1.165, 1.54) is 4.90 Å². The summed E-state index contributed by atoms with van der Waals surface area (Å²) >= 11 is 4.49. The van der Waals surface area contributed by atoms with E-state index in [1.807, 2.05) is 33.8 Å². The number of carbonyl (C=O) groups excluding carboxylic acids is 2. The first-order valence-electron chi connectivity index (χ1n) is 8.63. The number of amides is 2. The van der Waals surface area contributed by atoms with Gasteiger partial charge >= 0.3 is 0 Å². The summed E-state index contributed by atoms with van der Waals surface area (Å²) in [4.78, 5) is 26.5. The van der Waals surface area contributed by atoms with Crippen LogP contribution in [0.25, 0.3) is 6.08 Å². The Hall–Kier alpha value is -1.47. The maximum Gasteiger partial charge on any atom is 0.293 e. The lowest BCUT2D eigenvalue weighted by atomic mass is 10.1. The standard InChI is InChI=1S/C19H24BrNO4S/c1-6-11(3)21-18(22)16(26-19(21)23)10-13-8-14(20)17(15(9-13)24-5)25-12(4)7-2/h8-12H,6-7H2,1-5H3/b16-10+/t11-,12-/m0/s1. The van der Waals surface area contributed by atoms with Crippen LogP contribution >= 0.6 is 27.7 Å². The molecule has 7 heteroatoms. The Balaban J connectivity index is 2.35. The van der Waals surface area contributed by atoms with Crippen LogP contribution in [-0.4, -0.2) is 35.3 Å². The first-order valence-corrected chi connectivity index (χ1v) is 10.2. The zero-order chi connectivity index (χ0) is 19.4. The van der Waals surface area contributed by atoms with Crippen molar-refractivity contribution < 1.29 is 19.1 Å². The van der Waals surface area contributed by atoms with E-state index in [1.54, 1.807) is 19.3 Å². The molecule has 1 aliphatic heterocycles. The summed E-state index contributed by atoms with van der Waals surface area (Å²) in [5.74, 6) is 0.961. The van der Waals surface area contributed by atoms with Crippen LogP contribution in [0.3, 0.4) is 0 Å². The van der Waals surface area contributed by atoms with E-state index in [0.717, 1.165) is 34.6 Å². The van der Waals surface area contributed by atoms with Crippen LogP contribution in [0.2, 0.25) is 0 Å². The largest absolute Gasteiger partial charge is 0.493 e. The normalized spacial score (nSPS) is 18.4. The molecule has 2 amide bonds. The van der Waals surface area contributed by atoms with Crippen LogP contribution in [0.15, 0.2) is 21.5 Å². The van der Waals surface area contributed by atoms with Gasteiger partial charge in [0, 0.05) is 6.04 Å². The first-order chi connectivity index (χ1) is 12.3. The number of halogens is 1. The van der Waals surface area contributed by atoms with Crippen molar-refractivity contribution in [2.24, 2.45) is 0 Å². The third kappa shape index (κ3) is 4.43. The minimum atomic E-state index is -0.246. The van der Waals surface area contributed by atoms with Crippen molar-refractivity contribution in [3.8, 4) is 11.5 Å². The molecule has 1 aromatic carbocycles. The second kappa shape index (κ2) is 8.95. The molecule has 0 aromatic heterocycles. The molecule has 1 heterocycles. The Labute approximate surface area is 167 Å². The quantitative estimate of drug-likeness (QED) is 0.524. The monoisotopic (exact) mass is 441 g/mol. The summed E-state index contributed by atoms with van der Waals surface area (Å²) in [7, 11) is 1.58. The van der Waals surface area contributed by atoms with Gasteiger partial charge in [0.25, 0.3) is 11.1 Å². The maximum atomic E-state index is 12.6. The Kier molecular flexibility index (Phi) is 7.17. The molecule has 26 heavy (non-hydrogen) atoms. The molecule has 0 radical (unpaired) electrons. The fraction of sp³-hybridized carbons (Fsp3) is 0.474. The van der Waals surface area contributed by atoms with Gasteiger partial charge in [-0.1, -0.05) is 13.8 Å². The number of methoxy groups -OCH3 is 1. The molecule has 2 rings (SSSR count). The van der Waals surface area contributed by atoms with Crippen molar-refractivity contribution >= 4 is 44.9 Å². The molecular weight excluding hydrogens is 418 g/mol. The summed E-state index contributed by atoms with van der Waals surface area (Å²) in [6, 6.07) is 3.55. The minimum absolute atomic E-state index is 0.0538. The third-order valence-electron chi connectivity index (χ3n) is 4.30. The van der Waals surface area contributed by atoms with Gasteiger partial charge in [0.2, 0.25) is 0 Å². The minimum Gasteiger partial charge on any atom is -0.493 e. The van der Waals surface area contributed by atoms with Gasteiger partial charge in [-0.2, -0.15) is 0 Å². The molecule has 0 N–H and O–H groups in total. The predicted molar refractivity (Wildman–Crippen MR) is 109 cm³/mol. The highest BCUT2D eigenvalue weighted by Gasteiger charge is 2.37. The van der Waals surface area contributed by atoms with E-state index < -0.39 is 0 Å². The van der Waals surface area contributed by atoms with E-state index in [2.05, 4.69) is 15.9 Å². The van der Waals surface area contributed by atoms with Gasteiger partial charge in [0.05, 0.1) is 22.6 Å².